The van der Waals surface area contributed by atoms with Crippen molar-refractivity contribution in [3.63, 3.8) is 0 Å². The van der Waals surface area contributed by atoms with E-state index in [4.69, 9.17) is 4.74 Å². The lowest BCUT2D eigenvalue weighted by atomic mass is 9.38. The Labute approximate surface area is 298 Å². The van der Waals surface area contributed by atoms with Gasteiger partial charge in [-0.15, -0.1) is 0 Å². The van der Waals surface area contributed by atoms with Crippen molar-refractivity contribution in [3.05, 3.63) is 23.8 Å². The highest BCUT2D eigenvalue weighted by Gasteiger charge is 2.66. The molecule has 7 aliphatic rings. The van der Waals surface area contributed by atoms with Crippen LogP contribution in [-0.4, -0.2) is 73.1 Å². The molecule has 0 aromatic carbocycles. The van der Waals surface area contributed by atoms with Gasteiger partial charge in [0.1, 0.15) is 6.10 Å². The number of carbonyl (C=O) groups excluding carboxylic acids is 2. The largest absolute Gasteiger partial charge is 0.462 e. The maximum Gasteiger partial charge on any atom is 0.302 e. The van der Waals surface area contributed by atoms with Crippen LogP contribution in [0.5, 0.6) is 0 Å². The molecule has 0 aromatic heterocycles. The number of hydrogen-bond acceptors (Lipinski definition) is 5. The molecule has 3 unspecified atom stereocenters. The predicted octanol–water partition coefficient (Wildman–Crippen LogP) is 8.03. The van der Waals surface area contributed by atoms with E-state index < -0.39 is 0 Å². The van der Waals surface area contributed by atoms with Crippen molar-refractivity contribution in [1.82, 2.24) is 15.1 Å². The fourth-order valence-corrected chi connectivity index (χ4v) is 14.2. The molecule has 0 spiro atoms. The Morgan fingerprint density at radius 1 is 0.898 bits per heavy atom. The minimum absolute atomic E-state index is 0.0123. The molecule has 0 bridgehead atoms. The molecule has 1 N–H and O–H groups in total. The van der Waals surface area contributed by atoms with Gasteiger partial charge in [0, 0.05) is 51.1 Å². The fraction of sp³-hybridized carbons (Fsp3) is 0.860. The van der Waals surface area contributed by atoms with E-state index in [1.54, 1.807) is 12.5 Å². The van der Waals surface area contributed by atoms with E-state index in [0.717, 1.165) is 51.5 Å². The van der Waals surface area contributed by atoms with Crippen LogP contribution in [0.2, 0.25) is 0 Å². The van der Waals surface area contributed by atoms with Crippen LogP contribution in [0.25, 0.3) is 0 Å². The Balaban J connectivity index is 1.09. The first-order valence-corrected chi connectivity index (χ1v) is 20.5. The Morgan fingerprint density at radius 2 is 1.63 bits per heavy atom. The van der Waals surface area contributed by atoms with Crippen LogP contribution in [0.1, 0.15) is 126 Å². The summed E-state index contributed by atoms with van der Waals surface area (Å²) in [5.41, 5.74) is 3.08. The van der Waals surface area contributed by atoms with E-state index in [1.165, 1.54) is 70.4 Å². The Hall–Kier alpha value is -1.66. The second-order valence-electron chi connectivity index (χ2n) is 19.3. The number of nitrogens with zero attached hydrogens (tertiary/aromatic N) is 2. The van der Waals surface area contributed by atoms with Crippen molar-refractivity contribution < 1.29 is 14.3 Å². The second kappa shape index (κ2) is 13.1. The van der Waals surface area contributed by atoms with Gasteiger partial charge < -0.3 is 19.9 Å². The molecule has 6 nitrogen and oxygen atoms in total. The fourth-order valence-electron chi connectivity index (χ4n) is 14.2. The average Bonchev–Trinajstić information content (AvgIpc) is 3.68. The number of ether oxygens (including phenoxy) is 1. The standard InChI is InChI=1S/C43H69N3O3/c1-9-45-22-24-46(25-23-45)27-30-10-11-31(26-30)44-39(48)43-20-14-32(28(2)3)38(43)33-12-13-36-41(7,34(33)15-21-43)18-16-35-40(5,6)37(49-29(4)47)17-19-42(35,36)8/h15,30-33,35-38H,2,9-14,16-27H2,1,3-8H3,(H,44,48)/t30?,31?,32-,33-,35-,36-,37?,38+,41-,42-,43-/m0/s1. The number of nitrogens with one attached hydrogen (secondary N) is 1. The highest BCUT2D eigenvalue weighted by molar-refractivity contribution is 5.84. The number of hydrogen-bond donors (Lipinski definition) is 1. The molecule has 1 amide bonds. The zero-order valence-electron chi connectivity index (χ0n) is 32.3. The van der Waals surface area contributed by atoms with Gasteiger partial charge in [-0.2, -0.15) is 0 Å². The van der Waals surface area contributed by atoms with Gasteiger partial charge in [-0.05, 0) is 137 Å². The predicted molar refractivity (Wildman–Crippen MR) is 198 cm³/mol. The van der Waals surface area contributed by atoms with Gasteiger partial charge in [0.2, 0.25) is 5.91 Å². The average molecular weight is 676 g/mol. The summed E-state index contributed by atoms with van der Waals surface area (Å²) in [6.07, 6.45) is 16.1. The highest BCUT2D eigenvalue weighted by atomic mass is 16.5. The van der Waals surface area contributed by atoms with Gasteiger partial charge in [0.25, 0.3) is 0 Å². The lowest BCUT2D eigenvalue weighted by molar-refractivity contribution is -0.194. The van der Waals surface area contributed by atoms with Crippen LogP contribution in [0.15, 0.2) is 23.8 Å². The molecule has 5 saturated carbocycles. The number of carbonyl (C=O) groups is 2. The summed E-state index contributed by atoms with van der Waals surface area (Å²) in [4.78, 5) is 32.0. The first-order valence-electron chi connectivity index (χ1n) is 20.5. The van der Waals surface area contributed by atoms with Crippen LogP contribution < -0.4 is 5.32 Å². The molecular weight excluding hydrogens is 606 g/mol. The Kier molecular flexibility index (Phi) is 9.54. The minimum Gasteiger partial charge on any atom is -0.462 e. The van der Waals surface area contributed by atoms with Gasteiger partial charge in [0.15, 0.2) is 0 Å². The summed E-state index contributed by atoms with van der Waals surface area (Å²) in [5, 5.41) is 3.72. The number of allylic oxidation sites excluding steroid dienone is 3. The molecule has 1 aliphatic heterocycles. The summed E-state index contributed by atoms with van der Waals surface area (Å²) in [7, 11) is 0. The van der Waals surface area contributed by atoms with E-state index in [0.29, 0.717) is 47.5 Å². The Bertz CT molecular complexity index is 1330. The third-order valence-electron chi connectivity index (χ3n) is 16.6. The van der Waals surface area contributed by atoms with Crippen LogP contribution >= 0.6 is 0 Å². The minimum atomic E-state index is -0.291. The molecule has 6 heteroatoms. The number of rotatable bonds is 7. The topological polar surface area (TPSA) is 61.9 Å². The molecule has 6 aliphatic carbocycles. The van der Waals surface area contributed by atoms with E-state index >= 15 is 0 Å². The molecule has 7 rings (SSSR count). The normalized spacial score (nSPS) is 44.9. The van der Waals surface area contributed by atoms with E-state index in [1.807, 2.05) is 0 Å². The maximum absolute atomic E-state index is 14.7. The second-order valence-corrected chi connectivity index (χ2v) is 19.3. The van der Waals surface area contributed by atoms with Gasteiger partial charge in [-0.3, -0.25) is 9.59 Å². The quantitative estimate of drug-likeness (QED) is 0.219. The molecule has 1 saturated heterocycles. The van der Waals surface area contributed by atoms with Crippen molar-refractivity contribution in [1.29, 1.82) is 0 Å². The molecule has 0 radical (unpaired) electrons. The number of likely N-dealkylation sites (N-methyl/N-ethyl adjacent to an activating group) is 1. The summed E-state index contributed by atoms with van der Waals surface area (Å²) in [5.74, 6) is 3.40. The first-order chi connectivity index (χ1) is 23.2. The van der Waals surface area contributed by atoms with Gasteiger partial charge in [-0.1, -0.05) is 58.4 Å². The summed E-state index contributed by atoms with van der Waals surface area (Å²) in [6, 6.07) is 0.327. The number of piperazine rings is 1. The third-order valence-corrected chi connectivity index (χ3v) is 16.6. The molecule has 11 atom stereocenters. The SMILES string of the molecule is C=C(C)[C@@H]1CC[C@]2(C(=O)NC3CCC(CN4CCN(CC)CC4)C3)CC=C3[C@H](CC[C@@H]4[C@@]5(C)CCC(OC(C)=O)C(C)(C)[C@@H]5CC[C@@]34C)[C@@H]12. The zero-order chi connectivity index (χ0) is 34.9. The van der Waals surface area contributed by atoms with Crippen LogP contribution in [-0.2, 0) is 14.3 Å². The van der Waals surface area contributed by atoms with Crippen LogP contribution in [0.3, 0.4) is 0 Å². The zero-order valence-corrected chi connectivity index (χ0v) is 32.3. The molecular formula is C43H69N3O3. The van der Waals surface area contributed by atoms with Crippen molar-refractivity contribution in [2.24, 2.45) is 57.2 Å². The first kappa shape index (κ1) is 35.7. The van der Waals surface area contributed by atoms with Gasteiger partial charge >= 0.3 is 5.97 Å². The monoisotopic (exact) mass is 676 g/mol. The van der Waals surface area contributed by atoms with Crippen molar-refractivity contribution in [3.8, 4) is 0 Å². The molecule has 49 heavy (non-hydrogen) atoms. The van der Waals surface area contributed by atoms with Crippen molar-refractivity contribution in [2.45, 2.75) is 138 Å². The smallest absolute Gasteiger partial charge is 0.302 e. The highest BCUT2D eigenvalue weighted by Crippen LogP contribution is 2.72. The molecule has 0 aromatic rings. The van der Waals surface area contributed by atoms with Crippen molar-refractivity contribution in [2.75, 3.05) is 39.3 Å². The van der Waals surface area contributed by atoms with E-state index in [9.17, 15) is 9.59 Å². The summed E-state index contributed by atoms with van der Waals surface area (Å²) < 4.78 is 5.96. The van der Waals surface area contributed by atoms with E-state index in [-0.39, 0.29) is 33.7 Å². The van der Waals surface area contributed by atoms with Gasteiger partial charge in [0.05, 0.1) is 5.41 Å². The number of esters is 1. The molecule has 6 fully saturated rings. The van der Waals surface area contributed by atoms with Crippen LogP contribution in [0, 0.1) is 57.2 Å². The lowest BCUT2D eigenvalue weighted by Gasteiger charge is -2.67. The molecule has 274 valence electrons. The summed E-state index contributed by atoms with van der Waals surface area (Å²) >= 11 is 0. The number of amides is 1. The maximum atomic E-state index is 14.7. The summed E-state index contributed by atoms with van der Waals surface area (Å²) in [6.45, 7) is 27.7. The van der Waals surface area contributed by atoms with Crippen molar-refractivity contribution >= 4 is 11.9 Å². The van der Waals surface area contributed by atoms with Crippen LogP contribution in [0.4, 0.5) is 0 Å². The van der Waals surface area contributed by atoms with E-state index in [2.05, 4.69) is 69.3 Å². The number of fused-ring (bicyclic) bond motifs is 7. The molecule has 1 heterocycles. The third kappa shape index (κ3) is 5.89. The van der Waals surface area contributed by atoms with Gasteiger partial charge in [-0.25, -0.2) is 0 Å². The Morgan fingerprint density at radius 3 is 2.33 bits per heavy atom. The lowest BCUT2D eigenvalue weighted by Crippen LogP contribution is -2.62.